The number of ketones is 1. The Hall–Kier alpha value is -0.490. The first-order chi connectivity index (χ1) is 5.54. The summed E-state index contributed by atoms with van der Waals surface area (Å²) in [5, 5.41) is 35.2. The van der Waals surface area contributed by atoms with Crippen LogP contribution in [0.4, 0.5) is 0 Å². The van der Waals surface area contributed by atoms with Gasteiger partial charge < -0.3 is 20.4 Å². The minimum atomic E-state index is -1.61. The molecule has 3 atom stereocenters. The van der Waals surface area contributed by atoms with Crippen LogP contribution in [0.2, 0.25) is 0 Å². The molecule has 0 radical (unpaired) electrons. The molecule has 0 spiro atoms. The normalized spacial score (nSPS) is 18.4. The number of carbonyl (C=O) groups excluding carboxylic acids is 1. The van der Waals surface area contributed by atoms with Gasteiger partial charge in [0.05, 0.1) is 6.61 Å². The summed E-state index contributed by atoms with van der Waals surface area (Å²) in [6, 6.07) is 0. The van der Waals surface area contributed by atoms with Crippen molar-refractivity contribution in [2.24, 2.45) is 0 Å². The number of aliphatic hydroxyl groups is 4. The molecule has 0 aliphatic rings. The Morgan fingerprint density at radius 3 is 2.17 bits per heavy atom. The summed E-state index contributed by atoms with van der Waals surface area (Å²) in [6.07, 6.45) is -4.62. The van der Waals surface area contributed by atoms with Gasteiger partial charge in [0, 0.05) is 6.42 Å². The Kier molecular flexibility index (Phi) is 5.00. The summed E-state index contributed by atoms with van der Waals surface area (Å²) < 4.78 is 0. The molecule has 5 nitrogen and oxygen atoms in total. The van der Waals surface area contributed by atoms with E-state index in [2.05, 4.69) is 0 Å². The lowest BCUT2D eigenvalue weighted by Crippen LogP contribution is -2.43. The standard InChI is InChI=1S/C7H14O5/c1-2-4(9)6(11)7(12)5(10)3-8/h5-8,10-12H,2-3H2,1H3/t5-,6?,7?/m1/s1. The molecule has 12 heavy (non-hydrogen) atoms. The zero-order valence-electron chi connectivity index (χ0n) is 6.84. The van der Waals surface area contributed by atoms with Gasteiger partial charge >= 0.3 is 0 Å². The zero-order valence-corrected chi connectivity index (χ0v) is 6.84. The molecule has 0 aromatic carbocycles. The first kappa shape index (κ1) is 11.5. The van der Waals surface area contributed by atoms with Crippen molar-refractivity contribution in [3.63, 3.8) is 0 Å². The predicted octanol–water partition coefficient (Wildman–Crippen LogP) is -1.96. The van der Waals surface area contributed by atoms with Gasteiger partial charge in [-0.3, -0.25) is 4.79 Å². The molecular weight excluding hydrogens is 164 g/mol. The van der Waals surface area contributed by atoms with Crippen LogP contribution in [0.3, 0.4) is 0 Å². The molecule has 4 N–H and O–H groups in total. The number of hydrogen-bond acceptors (Lipinski definition) is 5. The Morgan fingerprint density at radius 2 is 1.83 bits per heavy atom. The second kappa shape index (κ2) is 5.21. The van der Waals surface area contributed by atoms with Gasteiger partial charge in [0.1, 0.15) is 18.3 Å². The van der Waals surface area contributed by atoms with E-state index in [9.17, 15) is 4.79 Å². The van der Waals surface area contributed by atoms with Gasteiger partial charge in [0.15, 0.2) is 5.78 Å². The Morgan fingerprint density at radius 1 is 1.33 bits per heavy atom. The molecule has 0 fully saturated rings. The zero-order chi connectivity index (χ0) is 9.72. The maximum atomic E-state index is 10.8. The molecule has 0 saturated heterocycles. The first-order valence-electron chi connectivity index (χ1n) is 3.72. The molecule has 0 aliphatic carbocycles. The Bertz CT molecular complexity index is 147. The second-order valence-electron chi connectivity index (χ2n) is 2.51. The van der Waals surface area contributed by atoms with Crippen LogP contribution < -0.4 is 0 Å². The van der Waals surface area contributed by atoms with Gasteiger partial charge in [-0.25, -0.2) is 0 Å². The van der Waals surface area contributed by atoms with Gasteiger partial charge in [-0.1, -0.05) is 6.92 Å². The molecule has 0 aromatic rings. The van der Waals surface area contributed by atoms with Crippen LogP contribution in [-0.2, 0) is 4.79 Å². The SMILES string of the molecule is CCC(=O)C(O)C(O)[C@H](O)CO. The fourth-order valence-corrected chi connectivity index (χ4v) is 0.718. The number of aliphatic hydroxyl groups excluding tert-OH is 4. The van der Waals surface area contributed by atoms with Crippen molar-refractivity contribution in [1.82, 2.24) is 0 Å². The predicted molar refractivity (Wildman–Crippen MR) is 40.4 cm³/mol. The molecule has 5 heteroatoms. The van der Waals surface area contributed by atoms with Crippen LogP contribution in [0.25, 0.3) is 0 Å². The number of hydrogen-bond donors (Lipinski definition) is 4. The van der Waals surface area contributed by atoms with E-state index in [-0.39, 0.29) is 6.42 Å². The van der Waals surface area contributed by atoms with Gasteiger partial charge in [-0.15, -0.1) is 0 Å². The highest BCUT2D eigenvalue weighted by atomic mass is 16.4. The molecule has 0 saturated carbocycles. The van der Waals surface area contributed by atoms with Crippen LogP contribution in [-0.4, -0.2) is 51.1 Å². The monoisotopic (exact) mass is 178 g/mol. The van der Waals surface area contributed by atoms with Crippen molar-refractivity contribution < 1.29 is 25.2 Å². The highest BCUT2D eigenvalue weighted by Crippen LogP contribution is 2.02. The Balaban J connectivity index is 4.08. The van der Waals surface area contributed by atoms with E-state index < -0.39 is 30.7 Å². The maximum Gasteiger partial charge on any atom is 0.163 e. The fourth-order valence-electron chi connectivity index (χ4n) is 0.718. The summed E-state index contributed by atoms with van der Waals surface area (Å²) in [4.78, 5) is 10.8. The largest absolute Gasteiger partial charge is 0.394 e. The van der Waals surface area contributed by atoms with Crippen LogP contribution in [0.15, 0.2) is 0 Å². The van der Waals surface area contributed by atoms with E-state index in [1.807, 2.05) is 0 Å². The van der Waals surface area contributed by atoms with Crippen molar-refractivity contribution >= 4 is 5.78 Å². The van der Waals surface area contributed by atoms with E-state index >= 15 is 0 Å². The van der Waals surface area contributed by atoms with Crippen LogP contribution in [0.5, 0.6) is 0 Å². The molecule has 0 aromatic heterocycles. The van der Waals surface area contributed by atoms with Crippen molar-refractivity contribution in [2.75, 3.05) is 6.61 Å². The minimum absolute atomic E-state index is 0.0797. The molecule has 0 rings (SSSR count). The molecule has 2 unspecified atom stereocenters. The van der Waals surface area contributed by atoms with E-state index in [0.717, 1.165) is 0 Å². The maximum absolute atomic E-state index is 10.8. The molecular formula is C7H14O5. The van der Waals surface area contributed by atoms with E-state index in [4.69, 9.17) is 20.4 Å². The average Bonchev–Trinajstić information content (AvgIpc) is 2.12. The summed E-state index contributed by atoms with van der Waals surface area (Å²) in [5.74, 6) is -0.560. The summed E-state index contributed by atoms with van der Waals surface area (Å²) >= 11 is 0. The third-order valence-electron chi connectivity index (χ3n) is 1.58. The van der Waals surface area contributed by atoms with Crippen molar-refractivity contribution in [2.45, 2.75) is 31.7 Å². The topological polar surface area (TPSA) is 98.0 Å². The van der Waals surface area contributed by atoms with E-state index in [1.165, 1.54) is 6.92 Å². The van der Waals surface area contributed by atoms with Crippen LogP contribution >= 0.6 is 0 Å². The fraction of sp³-hybridized carbons (Fsp3) is 0.857. The lowest BCUT2D eigenvalue weighted by atomic mass is 10.0. The lowest BCUT2D eigenvalue weighted by Gasteiger charge is -2.19. The second-order valence-corrected chi connectivity index (χ2v) is 2.51. The van der Waals surface area contributed by atoms with Crippen molar-refractivity contribution in [1.29, 1.82) is 0 Å². The van der Waals surface area contributed by atoms with Crippen LogP contribution in [0, 0.1) is 0 Å². The van der Waals surface area contributed by atoms with Gasteiger partial charge in [0.2, 0.25) is 0 Å². The number of rotatable bonds is 5. The third kappa shape index (κ3) is 2.86. The Labute approximate surface area is 70.3 Å². The van der Waals surface area contributed by atoms with Gasteiger partial charge in [-0.2, -0.15) is 0 Å². The highest BCUT2D eigenvalue weighted by Gasteiger charge is 2.28. The number of Topliss-reactive ketones (excluding diaryl/α,β-unsaturated/α-hetero) is 1. The summed E-state index contributed by atoms with van der Waals surface area (Å²) in [5.41, 5.74) is 0. The molecule has 0 aliphatic heterocycles. The molecule has 0 amide bonds. The number of carbonyl (C=O) groups is 1. The summed E-state index contributed by atoms with van der Waals surface area (Å²) in [7, 11) is 0. The lowest BCUT2D eigenvalue weighted by molar-refractivity contribution is -0.139. The van der Waals surface area contributed by atoms with Gasteiger partial charge in [-0.05, 0) is 0 Å². The average molecular weight is 178 g/mol. The van der Waals surface area contributed by atoms with Crippen molar-refractivity contribution in [3.05, 3.63) is 0 Å². The smallest absolute Gasteiger partial charge is 0.163 e. The molecule has 0 heterocycles. The molecule has 72 valence electrons. The summed E-state index contributed by atoms with van der Waals surface area (Å²) in [6.45, 7) is 0.846. The van der Waals surface area contributed by atoms with Crippen molar-refractivity contribution in [3.8, 4) is 0 Å². The molecule has 0 bridgehead atoms. The third-order valence-corrected chi connectivity index (χ3v) is 1.58. The first-order valence-corrected chi connectivity index (χ1v) is 3.72. The van der Waals surface area contributed by atoms with E-state index in [1.54, 1.807) is 0 Å². The van der Waals surface area contributed by atoms with E-state index in [0.29, 0.717) is 0 Å². The highest BCUT2D eigenvalue weighted by molar-refractivity contribution is 5.83. The minimum Gasteiger partial charge on any atom is -0.394 e. The van der Waals surface area contributed by atoms with Crippen LogP contribution in [0.1, 0.15) is 13.3 Å². The van der Waals surface area contributed by atoms with Gasteiger partial charge in [0.25, 0.3) is 0 Å². The quantitative estimate of drug-likeness (QED) is 0.392.